The second-order valence-electron chi connectivity index (χ2n) is 6.72. The van der Waals surface area contributed by atoms with Crippen LogP contribution in [0.5, 0.6) is 0 Å². The minimum atomic E-state index is -0.264. The molecule has 2 aromatic rings. The van der Waals surface area contributed by atoms with Gasteiger partial charge in [0.05, 0.1) is 17.5 Å². The number of aliphatic hydroxyl groups is 1. The lowest BCUT2D eigenvalue weighted by molar-refractivity contribution is 0.0862. The molecule has 1 heterocycles. The summed E-state index contributed by atoms with van der Waals surface area (Å²) in [5, 5.41) is 18.0. The average molecular weight is 329 g/mol. The van der Waals surface area contributed by atoms with E-state index in [0.717, 1.165) is 12.8 Å². The van der Waals surface area contributed by atoms with E-state index in [9.17, 15) is 14.7 Å². The Morgan fingerprint density at radius 2 is 1.83 bits per heavy atom. The molecule has 0 atom stereocenters. The highest BCUT2D eigenvalue weighted by atomic mass is 16.3. The van der Waals surface area contributed by atoms with E-state index >= 15 is 0 Å². The summed E-state index contributed by atoms with van der Waals surface area (Å²) in [4.78, 5) is 25.3. The van der Waals surface area contributed by atoms with Gasteiger partial charge in [-0.05, 0) is 45.6 Å². The molecule has 1 aliphatic carbocycles. The minimum Gasteiger partial charge on any atom is -0.393 e. The number of rotatable bonds is 3. The molecule has 1 amide bonds. The van der Waals surface area contributed by atoms with Crippen LogP contribution in [0.15, 0.2) is 29.1 Å². The van der Waals surface area contributed by atoms with Gasteiger partial charge in [0.2, 0.25) is 0 Å². The lowest BCUT2D eigenvalue weighted by Crippen LogP contribution is -2.40. The van der Waals surface area contributed by atoms with Crippen LogP contribution in [0.25, 0.3) is 10.8 Å². The molecule has 1 saturated carbocycles. The van der Waals surface area contributed by atoms with Crippen molar-refractivity contribution in [3.63, 3.8) is 0 Å². The van der Waals surface area contributed by atoms with Crippen molar-refractivity contribution in [3.05, 3.63) is 40.3 Å². The van der Waals surface area contributed by atoms with Crippen LogP contribution in [0.1, 0.15) is 56.1 Å². The first-order valence-electron chi connectivity index (χ1n) is 8.48. The zero-order valence-corrected chi connectivity index (χ0v) is 14.0. The summed E-state index contributed by atoms with van der Waals surface area (Å²) in [6.45, 7) is 3.74. The maximum absolute atomic E-state index is 12.7. The lowest BCUT2D eigenvalue weighted by Gasteiger charge is -2.26. The van der Waals surface area contributed by atoms with Crippen molar-refractivity contribution >= 4 is 16.7 Å². The quantitative estimate of drug-likeness (QED) is 0.902. The van der Waals surface area contributed by atoms with E-state index in [0.29, 0.717) is 23.6 Å². The Morgan fingerprint density at radius 3 is 2.46 bits per heavy atom. The molecule has 0 aliphatic heterocycles. The summed E-state index contributed by atoms with van der Waals surface area (Å²) in [5.41, 5.74) is 0.1000. The molecular weight excluding hydrogens is 306 g/mol. The van der Waals surface area contributed by atoms with Gasteiger partial charge in [0.25, 0.3) is 11.5 Å². The number of carbonyl (C=O) groups is 1. The van der Waals surface area contributed by atoms with Crippen LogP contribution in [0, 0.1) is 0 Å². The summed E-state index contributed by atoms with van der Waals surface area (Å²) in [5.74, 6) is -0.262. The SMILES string of the molecule is CC(C)n1nc(C(=O)NC2CCC(O)CC2)c2ccccc2c1=O. The third kappa shape index (κ3) is 3.19. The summed E-state index contributed by atoms with van der Waals surface area (Å²) in [7, 11) is 0. The first kappa shape index (κ1) is 16.6. The van der Waals surface area contributed by atoms with Crippen molar-refractivity contribution in [3.8, 4) is 0 Å². The van der Waals surface area contributed by atoms with Gasteiger partial charge >= 0.3 is 0 Å². The van der Waals surface area contributed by atoms with Crippen molar-refractivity contribution in [2.24, 2.45) is 0 Å². The van der Waals surface area contributed by atoms with Gasteiger partial charge in [-0.3, -0.25) is 9.59 Å². The number of nitrogens with zero attached hydrogens (tertiary/aromatic N) is 2. The standard InChI is InChI=1S/C18H23N3O3/c1-11(2)21-18(24)15-6-4-3-5-14(15)16(20-21)17(23)19-12-7-9-13(22)10-8-12/h3-6,11-13,22H,7-10H2,1-2H3,(H,19,23). The third-order valence-corrected chi connectivity index (χ3v) is 4.56. The first-order valence-corrected chi connectivity index (χ1v) is 8.48. The van der Waals surface area contributed by atoms with E-state index < -0.39 is 0 Å². The molecule has 2 N–H and O–H groups in total. The third-order valence-electron chi connectivity index (χ3n) is 4.56. The van der Waals surface area contributed by atoms with Crippen molar-refractivity contribution in [2.75, 3.05) is 0 Å². The van der Waals surface area contributed by atoms with Crippen LogP contribution in [0.2, 0.25) is 0 Å². The highest BCUT2D eigenvalue weighted by Gasteiger charge is 2.24. The lowest BCUT2D eigenvalue weighted by atomic mass is 9.93. The van der Waals surface area contributed by atoms with Crippen molar-refractivity contribution < 1.29 is 9.90 Å². The van der Waals surface area contributed by atoms with Gasteiger partial charge in [-0.2, -0.15) is 5.10 Å². The predicted molar refractivity (Wildman–Crippen MR) is 92.1 cm³/mol. The molecule has 3 rings (SSSR count). The summed E-state index contributed by atoms with van der Waals surface area (Å²) < 4.78 is 1.36. The molecule has 0 unspecified atom stereocenters. The monoisotopic (exact) mass is 329 g/mol. The number of benzene rings is 1. The second kappa shape index (κ2) is 6.73. The van der Waals surface area contributed by atoms with Gasteiger partial charge in [0.1, 0.15) is 0 Å². The second-order valence-corrected chi connectivity index (χ2v) is 6.72. The number of aliphatic hydroxyl groups excluding tert-OH is 1. The Hall–Kier alpha value is -2.21. The fourth-order valence-electron chi connectivity index (χ4n) is 3.20. The predicted octanol–water partition coefficient (Wildman–Crippen LogP) is 2.01. The van der Waals surface area contributed by atoms with E-state index in [1.54, 1.807) is 24.3 Å². The molecule has 0 saturated heterocycles. The van der Waals surface area contributed by atoms with E-state index in [4.69, 9.17) is 0 Å². The fourth-order valence-corrected chi connectivity index (χ4v) is 3.20. The molecule has 6 nitrogen and oxygen atoms in total. The summed E-state index contributed by atoms with van der Waals surface area (Å²) in [6.07, 6.45) is 2.65. The van der Waals surface area contributed by atoms with Gasteiger partial charge in [0.15, 0.2) is 5.69 Å². The number of hydrogen-bond donors (Lipinski definition) is 2. The Morgan fingerprint density at radius 1 is 1.21 bits per heavy atom. The molecule has 0 bridgehead atoms. The van der Waals surface area contributed by atoms with Crippen LogP contribution < -0.4 is 10.9 Å². The molecule has 128 valence electrons. The van der Waals surface area contributed by atoms with Crippen molar-refractivity contribution in [2.45, 2.75) is 57.7 Å². The van der Waals surface area contributed by atoms with Crippen molar-refractivity contribution in [1.82, 2.24) is 15.1 Å². The van der Waals surface area contributed by atoms with Crippen LogP contribution in [0.3, 0.4) is 0 Å². The summed E-state index contributed by atoms with van der Waals surface area (Å²) in [6, 6.07) is 6.99. The fraction of sp³-hybridized carbons (Fsp3) is 0.500. The van der Waals surface area contributed by atoms with E-state index in [1.165, 1.54) is 4.68 Å². The van der Waals surface area contributed by atoms with E-state index in [-0.39, 0.29) is 35.3 Å². The van der Waals surface area contributed by atoms with Gasteiger partial charge < -0.3 is 10.4 Å². The molecule has 1 aromatic carbocycles. The molecule has 24 heavy (non-hydrogen) atoms. The molecular formula is C18H23N3O3. The van der Waals surface area contributed by atoms with Gasteiger partial charge in [-0.25, -0.2) is 4.68 Å². The van der Waals surface area contributed by atoms with Gasteiger partial charge in [-0.1, -0.05) is 18.2 Å². The Labute approximate surface area is 140 Å². The van der Waals surface area contributed by atoms with Crippen LogP contribution in [-0.2, 0) is 0 Å². The number of carbonyl (C=O) groups excluding carboxylic acids is 1. The molecule has 0 radical (unpaired) electrons. The first-order chi connectivity index (χ1) is 11.5. The molecule has 1 aliphatic rings. The zero-order chi connectivity index (χ0) is 17.3. The van der Waals surface area contributed by atoms with Crippen LogP contribution in [0.4, 0.5) is 0 Å². The Bertz CT molecular complexity index is 805. The molecule has 0 spiro atoms. The maximum atomic E-state index is 12.7. The van der Waals surface area contributed by atoms with E-state index in [2.05, 4.69) is 10.4 Å². The molecule has 6 heteroatoms. The molecule has 1 fully saturated rings. The number of amides is 1. The van der Waals surface area contributed by atoms with Crippen molar-refractivity contribution in [1.29, 1.82) is 0 Å². The topological polar surface area (TPSA) is 84.2 Å². The normalized spacial score (nSPS) is 21.2. The number of aromatic nitrogens is 2. The smallest absolute Gasteiger partial charge is 0.274 e. The zero-order valence-electron chi connectivity index (χ0n) is 14.0. The Kier molecular flexibility index (Phi) is 4.66. The average Bonchev–Trinajstić information content (AvgIpc) is 2.57. The largest absolute Gasteiger partial charge is 0.393 e. The minimum absolute atomic E-state index is 0.0425. The van der Waals surface area contributed by atoms with E-state index in [1.807, 2.05) is 13.8 Å². The number of hydrogen-bond acceptors (Lipinski definition) is 4. The summed E-state index contributed by atoms with van der Waals surface area (Å²) >= 11 is 0. The van der Waals surface area contributed by atoms with Crippen LogP contribution >= 0.6 is 0 Å². The molecule has 1 aromatic heterocycles. The van der Waals surface area contributed by atoms with Crippen LogP contribution in [-0.4, -0.2) is 32.9 Å². The van der Waals surface area contributed by atoms with Gasteiger partial charge in [0, 0.05) is 11.4 Å². The van der Waals surface area contributed by atoms with Gasteiger partial charge in [-0.15, -0.1) is 0 Å². The Balaban J connectivity index is 1.97. The highest BCUT2D eigenvalue weighted by Crippen LogP contribution is 2.20. The number of nitrogens with one attached hydrogen (secondary N) is 1. The number of fused-ring (bicyclic) bond motifs is 1. The highest BCUT2D eigenvalue weighted by molar-refractivity contribution is 6.04. The maximum Gasteiger partial charge on any atom is 0.274 e.